The van der Waals surface area contributed by atoms with Gasteiger partial charge < -0.3 is 9.47 Å². The van der Waals surface area contributed by atoms with Gasteiger partial charge in [0.05, 0.1) is 22.1 Å². The molecule has 16 rings (SSSR count). The lowest BCUT2D eigenvalue weighted by Crippen LogP contribution is -2.25. The van der Waals surface area contributed by atoms with E-state index in [-0.39, 0.29) is 5.41 Å². The van der Waals surface area contributed by atoms with Crippen LogP contribution in [-0.2, 0) is 10.8 Å². The number of hydrogen-bond donors (Lipinski definition) is 0. The molecule has 0 N–H and O–H groups in total. The Labute approximate surface area is 456 Å². The minimum atomic E-state index is -0.483. The van der Waals surface area contributed by atoms with Crippen LogP contribution in [0.25, 0.3) is 83.1 Å². The molecule has 368 valence electrons. The number of allylic oxidation sites excluding steroid dienone is 4. The highest BCUT2D eigenvalue weighted by Crippen LogP contribution is 2.65. The van der Waals surface area contributed by atoms with E-state index in [1.165, 1.54) is 122 Å². The molecule has 0 radical (unpaired) electrons. The Morgan fingerprint density at radius 1 is 0.359 bits per heavy atom. The lowest BCUT2D eigenvalue weighted by molar-refractivity contribution is 0.394. The molecule has 0 bridgehead atoms. The van der Waals surface area contributed by atoms with Crippen LogP contribution in [0, 0.1) is 5.92 Å². The average Bonchev–Trinajstić information content (AvgIpc) is 4.18. The highest BCUT2D eigenvalue weighted by Gasteiger charge is 2.53. The van der Waals surface area contributed by atoms with Gasteiger partial charge in [0, 0.05) is 39.3 Å². The van der Waals surface area contributed by atoms with E-state index in [0.29, 0.717) is 11.8 Å². The second-order valence-electron chi connectivity index (χ2n) is 22.3. The predicted octanol–water partition coefficient (Wildman–Crippen LogP) is 19.7. The molecule has 1 spiro atoms. The number of benzene rings is 11. The summed E-state index contributed by atoms with van der Waals surface area (Å²) in [5.74, 6) is 0.842. The molecule has 2 nitrogen and oxygen atoms in total. The second kappa shape index (κ2) is 17.0. The fourth-order valence-corrected chi connectivity index (χ4v) is 14.7. The maximum absolute atomic E-state index is 2.54. The lowest BCUT2D eigenvalue weighted by Gasteiger charge is -2.30. The molecule has 2 heteroatoms. The van der Waals surface area contributed by atoms with Crippen LogP contribution in [0.1, 0.15) is 53.1 Å². The first-order valence-corrected chi connectivity index (χ1v) is 27.6. The lowest BCUT2D eigenvalue weighted by atomic mass is 9.70. The molecule has 11 aromatic carbocycles. The fourth-order valence-electron chi connectivity index (χ4n) is 14.7. The van der Waals surface area contributed by atoms with Crippen LogP contribution < -0.4 is 4.90 Å². The van der Waals surface area contributed by atoms with E-state index < -0.39 is 5.41 Å². The van der Waals surface area contributed by atoms with Crippen LogP contribution in [0.4, 0.5) is 17.1 Å². The van der Waals surface area contributed by atoms with E-state index in [9.17, 15) is 0 Å². The summed E-state index contributed by atoms with van der Waals surface area (Å²) in [6.45, 7) is 4.84. The van der Waals surface area contributed by atoms with Gasteiger partial charge in [-0.1, -0.05) is 232 Å². The number of rotatable bonds is 7. The van der Waals surface area contributed by atoms with Crippen molar-refractivity contribution in [3.8, 4) is 61.3 Å². The Morgan fingerprint density at radius 2 is 0.885 bits per heavy atom. The van der Waals surface area contributed by atoms with Crippen molar-refractivity contribution in [2.75, 3.05) is 4.90 Å². The zero-order valence-corrected chi connectivity index (χ0v) is 43.6. The van der Waals surface area contributed by atoms with E-state index in [1.807, 2.05) is 0 Å². The van der Waals surface area contributed by atoms with Gasteiger partial charge in [-0.05, 0) is 155 Å². The Bertz CT molecular complexity index is 4460. The number of anilines is 3. The standard InChI is InChI=1S/C76H54N2/c1-75(2)64-28-13-9-23-58(64)59-45-44-56(48-69(59)75)77(54-40-35-50(36-41-54)49-19-5-3-6-20-49)55-42-37-51(38-43-55)53-39-46-71-63(47-53)60-24-12-16-33-70(60)78(71)72-34-18-32-68-74(72)62-26-11-15-30-66(62)76(68)65-29-14-10-25-61(65)73-57(27-17-31-67(73)76)52-21-7-4-8-22-52/h3-48,58,64H,1-2H3. The van der Waals surface area contributed by atoms with Crippen LogP contribution >= 0.6 is 0 Å². The van der Waals surface area contributed by atoms with Gasteiger partial charge in [-0.25, -0.2) is 0 Å². The quantitative estimate of drug-likeness (QED) is 0.154. The first-order valence-electron chi connectivity index (χ1n) is 27.6. The summed E-state index contributed by atoms with van der Waals surface area (Å²) >= 11 is 0. The molecule has 4 aliphatic carbocycles. The Hall–Kier alpha value is -9.50. The summed E-state index contributed by atoms with van der Waals surface area (Å²) in [5, 5.41) is 2.48. The molecule has 12 aromatic rings. The van der Waals surface area contributed by atoms with Gasteiger partial charge in [-0.3, -0.25) is 0 Å². The second-order valence-corrected chi connectivity index (χ2v) is 22.3. The van der Waals surface area contributed by atoms with Crippen molar-refractivity contribution in [1.29, 1.82) is 0 Å². The van der Waals surface area contributed by atoms with Crippen molar-refractivity contribution in [1.82, 2.24) is 4.57 Å². The summed E-state index contributed by atoms with van der Waals surface area (Å²) in [6, 6.07) is 95.5. The van der Waals surface area contributed by atoms with Gasteiger partial charge >= 0.3 is 0 Å². The topological polar surface area (TPSA) is 8.17 Å². The van der Waals surface area contributed by atoms with E-state index in [2.05, 4.69) is 302 Å². The third-order valence-corrected chi connectivity index (χ3v) is 18.1. The van der Waals surface area contributed by atoms with Crippen LogP contribution in [0.5, 0.6) is 0 Å². The van der Waals surface area contributed by atoms with E-state index in [0.717, 1.165) is 11.4 Å². The van der Waals surface area contributed by atoms with Crippen molar-refractivity contribution in [3.05, 3.63) is 312 Å². The third-order valence-electron chi connectivity index (χ3n) is 18.1. The van der Waals surface area contributed by atoms with Crippen LogP contribution in [0.15, 0.2) is 279 Å². The zero-order valence-electron chi connectivity index (χ0n) is 43.6. The van der Waals surface area contributed by atoms with Gasteiger partial charge in [0.2, 0.25) is 0 Å². The normalized spacial score (nSPS) is 17.7. The molecular weight excluding hydrogens is 941 g/mol. The van der Waals surface area contributed by atoms with E-state index in [4.69, 9.17) is 0 Å². The molecule has 3 unspecified atom stereocenters. The molecule has 1 heterocycles. The summed E-state index contributed by atoms with van der Waals surface area (Å²) in [5.41, 5.74) is 27.3. The van der Waals surface area contributed by atoms with Crippen molar-refractivity contribution >= 4 is 38.9 Å². The SMILES string of the molecule is CC1(C)c2cc(N(c3ccc(-c4ccccc4)cc3)c3ccc(-c4ccc5c(c4)c4ccccc4n5-c4cccc5c4-c4ccccc4C54c5ccccc5-c5c(-c6ccccc6)cccc54)cc3)ccc2C2C=CC=CC21. The molecule has 0 amide bonds. The maximum atomic E-state index is 2.54. The Kier molecular flexibility index (Phi) is 9.76. The number of hydrogen-bond acceptors (Lipinski definition) is 1. The monoisotopic (exact) mass is 994 g/mol. The van der Waals surface area contributed by atoms with E-state index >= 15 is 0 Å². The number of para-hydroxylation sites is 1. The number of aromatic nitrogens is 1. The molecule has 1 aromatic heterocycles. The molecule has 0 fully saturated rings. The van der Waals surface area contributed by atoms with Crippen LogP contribution in [-0.4, -0.2) is 4.57 Å². The highest BCUT2D eigenvalue weighted by atomic mass is 15.1. The largest absolute Gasteiger partial charge is 0.310 e. The summed E-state index contributed by atoms with van der Waals surface area (Å²) < 4.78 is 2.54. The Balaban J connectivity index is 0.822. The number of fused-ring (bicyclic) bond motifs is 16. The minimum Gasteiger partial charge on any atom is -0.310 e. The first kappa shape index (κ1) is 44.8. The summed E-state index contributed by atoms with van der Waals surface area (Å²) in [6.07, 6.45) is 9.25. The average molecular weight is 995 g/mol. The molecule has 78 heavy (non-hydrogen) atoms. The Morgan fingerprint density at radius 3 is 1.62 bits per heavy atom. The minimum absolute atomic E-state index is 0.000564. The molecular formula is C76H54N2. The highest BCUT2D eigenvalue weighted by molar-refractivity contribution is 6.12. The van der Waals surface area contributed by atoms with Crippen molar-refractivity contribution in [3.63, 3.8) is 0 Å². The predicted molar refractivity (Wildman–Crippen MR) is 326 cm³/mol. The van der Waals surface area contributed by atoms with Crippen molar-refractivity contribution < 1.29 is 0 Å². The van der Waals surface area contributed by atoms with Crippen molar-refractivity contribution in [2.45, 2.75) is 30.6 Å². The fraction of sp³-hybridized carbons (Fsp3) is 0.0789. The van der Waals surface area contributed by atoms with Gasteiger partial charge in [-0.15, -0.1) is 0 Å². The maximum Gasteiger partial charge on any atom is 0.0726 e. The van der Waals surface area contributed by atoms with Crippen LogP contribution in [0.2, 0.25) is 0 Å². The van der Waals surface area contributed by atoms with Gasteiger partial charge in [-0.2, -0.15) is 0 Å². The summed E-state index contributed by atoms with van der Waals surface area (Å²) in [7, 11) is 0. The zero-order chi connectivity index (χ0) is 51.7. The molecule has 0 saturated heterocycles. The summed E-state index contributed by atoms with van der Waals surface area (Å²) in [4.78, 5) is 2.44. The van der Waals surface area contributed by atoms with Gasteiger partial charge in [0.15, 0.2) is 0 Å². The van der Waals surface area contributed by atoms with Crippen molar-refractivity contribution in [2.24, 2.45) is 5.92 Å². The van der Waals surface area contributed by atoms with E-state index in [1.54, 1.807) is 0 Å². The number of nitrogens with zero attached hydrogens (tertiary/aromatic N) is 2. The molecule has 3 atom stereocenters. The molecule has 0 saturated carbocycles. The molecule has 0 aliphatic heterocycles. The molecule has 4 aliphatic rings. The van der Waals surface area contributed by atoms with Crippen LogP contribution in [0.3, 0.4) is 0 Å². The van der Waals surface area contributed by atoms with Gasteiger partial charge in [0.25, 0.3) is 0 Å². The smallest absolute Gasteiger partial charge is 0.0726 e. The first-order chi connectivity index (χ1) is 38.5. The third kappa shape index (κ3) is 6.32. The van der Waals surface area contributed by atoms with Gasteiger partial charge in [0.1, 0.15) is 0 Å².